The predicted octanol–water partition coefficient (Wildman–Crippen LogP) is 2.46. The fourth-order valence-electron chi connectivity index (χ4n) is 1.34. The molecule has 1 aromatic heterocycles. The van der Waals surface area contributed by atoms with E-state index < -0.39 is 6.09 Å². The predicted molar refractivity (Wildman–Crippen MR) is 63.1 cm³/mol. The number of aromatic nitrogens is 1. The van der Waals surface area contributed by atoms with Gasteiger partial charge in [-0.05, 0) is 37.5 Å². The van der Waals surface area contributed by atoms with Crippen molar-refractivity contribution in [3.05, 3.63) is 34.6 Å². The molecule has 0 aliphatic carbocycles. The third-order valence-electron chi connectivity index (χ3n) is 1.99. The summed E-state index contributed by atoms with van der Waals surface area (Å²) in [5.74, 6) is 0. The molecule has 0 radical (unpaired) electrons. The molecule has 0 saturated carbocycles. The number of benzene rings is 1. The van der Waals surface area contributed by atoms with Gasteiger partial charge in [-0.15, -0.1) is 0 Å². The Hall–Kier alpha value is -1.62. The molecule has 2 rings (SSSR count). The minimum absolute atomic E-state index is 0.232. The van der Waals surface area contributed by atoms with Crippen LogP contribution in [0.25, 0.3) is 10.1 Å². The maximum atomic E-state index is 11.8. The lowest BCUT2D eigenvalue weighted by atomic mass is 10.3. The van der Waals surface area contributed by atoms with Gasteiger partial charge in [-0.25, -0.2) is 4.79 Å². The second kappa shape index (κ2) is 4.09. The van der Waals surface area contributed by atoms with Gasteiger partial charge in [0.15, 0.2) is 0 Å². The number of nitrogens with zero attached hydrogens (tertiary/aromatic N) is 1. The Labute approximate surface area is 96.2 Å². The molecular weight excluding hydrogens is 226 g/mol. The Morgan fingerprint density at radius 3 is 2.69 bits per heavy atom. The lowest BCUT2D eigenvalue weighted by Gasteiger charge is -2.05. The Morgan fingerprint density at radius 2 is 2.06 bits per heavy atom. The minimum Gasteiger partial charge on any atom is -0.446 e. The van der Waals surface area contributed by atoms with Gasteiger partial charge in [-0.3, -0.25) is 4.79 Å². The summed E-state index contributed by atoms with van der Waals surface area (Å²) in [5, 5.41) is 0.549. The minimum atomic E-state index is -0.610. The van der Waals surface area contributed by atoms with Crippen LogP contribution in [-0.2, 0) is 4.74 Å². The van der Waals surface area contributed by atoms with Gasteiger partial charge in [0.25, 0.3) is 5.56 Å². The van der Waals surface area contributed by atoms with Crippen molar-refractivity contribution in [3.63, 3.8) is 0 Å². The lowest BCUT2D eigenvalue weighted by molar-refractivity contribution is 0.119. The summed E-state index contributed by atoms with van der Waals surface area (Å²) in [6.07, 6.45) is -0.842. The normalized spacial score (nSPS) is 10.9. The average Bonchev–Trinajstić information content (AvgIpc) is 2.56. The molecule has 84 valence electrons. The fraction of sp³-hybridized carbons (Fsp3) is 0.273. The van der Waals surface area contributed by atoms with Gasteiger partial charge in [0.2, 0.25) is 0 Å². The molecule has 0 unspecified atom stereocenters. The molecule has 0 bridgehead atoms. The molecule has 0 aliphatic heterocycles. The summed E-state index contributed by atoms with van der Waals surface area (Å²) in [7, 11) is 0. The van der Waals surface area contributed by atoms with Gasteiger partial charge in [0.1, 0.15) is 0 Å². The van der Waals surface area contributed by atoms with Crippen molar-refractivity contribution >= 4 is 27.7 Å². The van der Waals surface area contributed by atoms with Crippen molar-refractivity contribution in [2.75, 3.05) is 0 Å². The van der Waals surface area contributed by atoms with Crippen LogP contribution >= 0.6 is 11.5 Å². The van der Waals surface area contributed by atoms with Crippen LogP contribution in [0.3, 0.4) is 0 Å². The van der Waals surface area contributed by atoms with Gasteiger partial charge < -0.3 is 4.74 Å². The van der Waals surface area contributed by atoms with Crippen molar-refractivity contribution in [3.8, 4) is 0 Å². The van der Waals surface area contributed by atoms with Gasteiger partial charge in [0, 0.05) is 0 Å². The molecule has 16 heavy (non-hydrogen) atoms. The summed E-state index contributed by atoms with van der Waals surface area (Å²) in [5.41, 5.74) is -0.314. The van der Waals surface area contributed by atoms with E-state index in [4.69, 9.17) is 4.74 Å². The molecule has 1 heterocycles. The number of carbonyl (C=O) groups excluding carboxylic acids is 1. The largest absolute Gasteiger partial charge is 0.446 e. The van der Waals surface area contributed by atoms with E-state index in [1.54, 1.807) is 32.0 Å². The van der Waals surface area contributed by atoms with E-state index in [0.29, 0.717) is 5.39 Å². The highest BCUT2D eigenvalue weighted by Crippen LogP contribution is 2.16. The number of fused-ring (bicyclic) bond motifs is 1. The van der Waals surface area contributed by atoms with Crippen LogP contribution < -0.4 is 5.56 Å². The number of hydrogen-bond donors (Lipinski definition) is 0. The summed E-state index contributed by atoms with van der Waals surface area (Å²) in [6.45, 7) is 3.49. The monoisotopic (exact) mass is 237 g/mol. The van der Waals surface area contributed by atoms with Crippen LogP contribution in [0.2, 0.25) is 0 Å². The molecule has 0 saturated heterocycles. The van der Waals surface area contributed by atoms with E-state index in [-0.39, 0.29) is 11.7 Å². The first-order valence-corrected chi connectivity index (χ1v) is 5.69. The molecule has 5 heteroatoms. The van der Waals surface area contributed by atoms with E-state index in [2.05, 4.69) is 0 Å². The van der Waals surface area contributed by atoms with E-state index in [1.807, 2.05) is 6.07 Å². The zero-order valence-electron chi connectivity index (χ0n) is 8.97. The topological polar surface area (TPSA) is 48.3 Å². The quantitative estimate of drug-likeness (QED) is 0.765. The molecule has 4 nitrogen and oxygen atoms in total. The van der Waals surface area contributed by atoms with Gasteiger partial charge >= 0.3 is 6.09 Å². The number of carbonyl (C=O) groups is 1. The Balaban J connectivity index is 2.50. The molecule has 0 amide bonds. The zero-order chi connectivity index (χ0) is 11.7. The van der Waals surface area contributed by atoms with Crippen molar-refractivity contribution in [2.45, 2.75) is 20.0 Å². The molecule has 0 atom stereocenters. The van der Waals surface area contributed by atoms with Crippen LogP contribution in [0.15, 0.2) is 29.1 Å². The first-order valence-electron chi connectivity index (χ1n) is 4.91. The van der Waals surface area contributed by atoms with Crippen molar-refractivity contribution < 1.29 is 9.53 Å². The summed E-state index contributed by atoms with van der Waals surface area (Å²) >= 11 is 1.10. The molecule has 0 N–H and O–H groups in total. The summed E-state index contributed by atoms with van der Waals surface area (Å²) in [4.78, 5) is 23.4. The van der Waals surface area contributed by atoms with Crippen LogP contribution in [0.5, 0.6) is 0 Å². The Kier molecular flexibility index (Phi) is 2.78. The maximum Gasteiger partial charge on any atom is 0.431 e. The molecule has 0 fully saturated rings. The van der Waals surface area contributed by atoms with E-state index >= 15 is 0 Å². The summed E-state index contributed by atoms with van der Waals surface area (Å²) < 4.78 is 6.81. The van der Waals surface area contributed by atoms with Crippen molar-refractivity contribution in [1.29, 1.82) is 0 Å². The first-order chi connectivity index (χ1) is 7.59. The van der Waals surface area contributed by atoms with E-state index in [0.717, 1.165) is 20.2 Å². The SMILES string of the molecule is CC(C)OC(=O)n1sc2ccccc2c1=O. The van der Waals surface area contributed by atoms with Crippen molar-refractivity contribution in [1.82, 2.24) is 3.96 Å². The second-order valence-corrected chi connectivity index (χ2v) is 4.61. The fourth-order valence-corrected chi connectivity index (χ4v) is 2.23. The molecule has 1 aromatic carbocycles. The van der Waals surface area contributed by atoms with Crippen LogP contribution in [-0.4, -0.2) is 16.2 Å². The van der Waals surface area contributed by atoms with Crippen molar-refractivity contribution in [2.24, 2.45) is 0 Å². The molecule has 0 spiro atoms. The lowest BCUT2D eigenvalue weighted by Crippen LogP contribution is -2.24. The van der Waals surface area contributed by atoms with Gasteiger partial charge in [-0.2, -0.15) is 3.96 Å². The highest BCUT2D eigenvalue weighted by Gasteiger charge is 2.15. The molecular formula is C11H11NO3S. The number of ether oxygens (including phenoxy) is 1. The Morgan fingerprint density at radius 1 is 1.38 bits per heavy atom. The average molecular weight is 237 g/mol. The van der Waals surface area contributed by atoms with E-state index in [9.17, 15) is 9.59 Å². The number of rotatable bonds is 1. The van der Waals surface area contributed by atoms with Crippen LogP contribution in [0.4, 0.5) is 4.79 Å². The molecule has 2 aromatic rings. The van der Waals surface area contributed by atoms with Gasteiger partial charge in [0.05, 0.1) is 16.2 Å². The maximum absolute atomic E-state index is 11.8. The van der Waals surface area contributed by atoms with Crippen LogP contribution in [0.1, 0.15) is 13.8 Å². The third-order valence-corrected chi connectivity index (χ3v) is 3.04. The first kappa shape index (κ1) is 10.9. The molecule has 0 aliphatic rings. The second-order valence-electron chi connectivity index (χ2n) is 3.62. The highest BCUT2D eigenvalue weighted by atomic mass is 32.1. The Bertz CT molecular complexity index is 582. The van der Waals surface area contributed by atoms with E-state index in [1.165, 1.54) is 0 Å². The summed E-state index contributed by atoms with van der Waals surface area (Å²) in [6, 6.07) is 7.11. The zero-order valence-corrected chi connectivity index (χ0v) is 9.78. The standard InChI is InChI=1S/C11H11NO3S/c1-7(2)15-11(14)12-10(13)8-5-3-4-6-9(8)16-12/h3-7H,1-2H3. The van der Waals surface area contributed by atoms with Gasteiger partial charge in [-0.1, -0.05) is 12.1 Å². The number of hydrogen-bond acceptors (Lipinski definition) is 4. The third kappa shape index (κ3) is 1.86. The van der Waals surface area contributed by atoms with Crippen LogP contribution in [0, 0.1) is 0 Å². The highest BCUT2D eigenvalue weighted by molar-refractivity contribution is 7.14. The smallest absolute Gasteiger partial charge is 0.431 e.